The molecule has 1 aromatic rings. The summed E-state index contributed by atoms with van der Waals surface area (Å²) in [6.45, 7) is 1.64. The third-order valence-corrected chi connectivity index (χ3v) is 2.90. The molecule has 0 saturated carbocycles. The molecule has 1 rings (SSSR count). The fraction of sp³-hybridized carbons (Fsp3) is 0.364. The van der Waals surface area contributed by atoms with E-state index in [0.29, 0.717) is 10.8 Å². The third-order valence-electron chi connectivity index (χ3n) is 2.31. The number of ether oxygens (including phenoxy) is 1. The molecule has 88 valence electrons. The Morgan fingerprint density at radius 2 is 2.19 bits per heavy atom. The van der Waals surface area contributed by atoms with E-state index < -0.39 is 17.6 Å². The second-order valence-corrected chi connectivity index (χ2v) is 4.26. The van der Waals surface area contributed by atoms with Crippen LogP contribution in [0.3, 0.4) is 0 Å². The largest absolute Gasteiger partial charge is 0.495 e. The smallest absolute Gasteiger partial charge is 0.166 e. The molecular weight excluding hydrogens is 282 g/mol. The minimum Gasteiger partial charge on any atom is -0.495 e. The molecule has 0 amide bonds. The number of benzene rings is 1. The molecule has 1 unspecified atom stereocenters. The van der Waals surface area contributed by atoms with Gasteiger partial charge in [0, 0.05) is 12.0 Å². The predicted molar refractivity (Wildman–Crippen MR) is 59.7 cm³/mol. The Morgan fingerprint density at radius 1 is 1.56 bits per heavy atom. The highest BCUT2D eigenvalue weighted by Gasteiger charge is 2.22. The minimum atomic E-state index is -0.964. The lowest BCUT2D eigenvalue weighted by Gasteiger charge is -2.16. The third kappa shape index (κ3) is 2.40. The number of methoxy groups -OCH3 is 1. The van der Waals surface area contributed by atoms with Crippen molar-refractivity contribution in [3.63, 3.8) is 0 Å². The number of hydrogen-bond acceptors (Lipinski definition) is 2. The van der Waals surface area contributed by atoms with Gasteiger partial charge in [-0.25, -0.2) is 8.78 Å². The van der Waals surface area contributed by atoms with E-state index in [-0.39, 0.29) is 17.7 Å². The van der Waals surface area contributed by atoms with E-state index in [0.717, 1.165) is 6.07 Å². The van der Waals surface area contributed by atoms with Gasteiger partial charge in [0.05, 0.1) is 11.6 Å². The Hall–Kier alpha value is -0.970. The molecule has 0 aromatic heterocycles. The molecule has 2 nitrogen and oxygen atoms in total. The lowest BCUT2D eigenvalue weighted by molar-refractivity contribution is -0.108. The van der Waals surface area contributed by atoms with Crippen molar-refractivity contribution >= 4 is 22.2 Å². The van der Waals surface area contributed by atoms with Crippen LogP contribution in [-0.2, 0) is 4.79 Å². The average Bonchev–Trinajstić information content (AvgIpc) is 2.23. The normalized spacial score (nSPS) is 12.3. The van der Waals surface area contributed by atoms with Crippen molar-refractivity contribution in [2.24, 2.45) is 0 Å². The van der Waals surface area contributed by atoms with Crippen LogP contribution in [-0.4, -0.2) is 13.4 Å². The summed E-state index contributed by atoms with van der Waals surface area (Å²) >= 11 is 3.09. The van der Waals surface area contributed by atoms with Crippen molar-refractivity contribution in [2.45, 2.75) is 19.3 Å². The Labute approximate surface area is 101 Å². The van der Waals surface area contributed by atoms with Gasteiger partial charge in [0.2, 0.25) is 0 Å². The van der Waals surface area contributed by atoms with Crippen molar-refractivity contribution in [1.82, 2.24) is 0 Å². The van der Waals surface area contributed by atoms with Gasteiger partial charge in [-0.3, -0.25) is 0 Å². The molecule has 16 heavy (non-hydrogen) atoms. The SMILES string of the molecule is COc1c(Br)cc(F)c(F)c1C(C)CC=O. The van der Waals surface area contributed by atoms with Crippen LogP contribution in [0.5, 0.6) is 5.75 Å². The molecule has 0 bridgehead atoms. The van der Waals surface area contributed by atoms with Crippen LogP contribution in [0.15, 0.2) is 10.5 Å². The highest BCUT2D eigenvalue weighted by atomic mass is 79.9. The highest BCUT2D eigenvalue weighted by molar-refractivity contribution is 9.10. The molecule has 1 atom stereocenters. The standard InChI is InChI=1S/C11H11BrF2O2/c1-6(3-4-15)9-10(14)8(13)5-7(12)11(9)16-2/h4-6H,3H2,1-2H3. The zero-order valence-corrected chi connectivity index (χ0v) is 10.5. The van der Waals surface area contributed by atoms with Crippen molar-refractivity contribution in [1.29, 1.82) is 0 Å². The fourth-order valence-electron chi connectivity index (χ4n) is 1.51. The van der Waals surface area contributed by atoms with E-state index in [2.05, 4.69) is 15.9 Å². The van der Waals surface area contributed by atoms with Crippen LogP contribution >= 0.6 is 15.9 Å². The van der Waals surface area contributed by atoms with Gasteiger partial charge in [0.25, 0.3) is 0 Å². The second-order valence-electron chi connectivity index (χ2n) is 3.40. The van der Waals surface area contributed by atoms with E-state index >= 15 is 0 Å². The molecule has 1 aromatic carbocycles. The summed E-state index contributed by atoms with van der Waals surface area (Å²) in [7, 11) is 1.37. The van der Waals surface area contributed by atoms with Gasteiger partial charge < -0.3 is 9.53 Å². The summed E-state index contributed by atoms with van der Waals surface area (Å²) in [4.78, 5) is 10.4. The molecule has 0 N–H and O–H groups in total. The average molecular weight is 293 g/mol. The van der Waals surface area contributed by atoms with Crippen LogP contribution in [0.4, 0.5) is 8.78 Å². The van der Waals surface area contributed by atoms with Crippen molar-refractivity contribution < 1.29 is 18.3 Å². The lowest BCUT2D eigenvalue weighted by Crippen LogP contribution is -2.05. The molecule has 0 aliphatic carbocycles. The molecule has 0 radical (unpaired) electrons. The van der Waals surface area contributed by atoms with Crippen molar-refractivity contribution in [2.75, 3.05) is 7.11 Å². The summed E-state index contributed by atoms with van der Waals surface area (Å²) in [5.74, 6) is -2.12. The van der Waals surface area contributed by atoms with Gasteiger partial charge in [0.15, 0.2) is 11.6 Å². The maximum atomic E-state index is 13.6. The van der Waals surface area contributed by atoms with Crippen molar-refractivity contribution in [3.05, 3.63) is 27.7 Å². The Bertz CT molecular complexity index is 407. The molecule has 0 heterocycles. The molecule has 5 heteroatoms. The van der Waals surface area contributed by atoms with Crippen LogP contribution in [0.25, 0.3) is 0 Å². The monoisotopic (exact) mass is 292 g/mol. The molecule has 0 aliphatic heterocycles. The molecule has 0 aliphatic rings. The number of halogens is 3. The van der Waals surface area contributed by atoms with Gasteiger partial charge in [-0.05, 0) is 27.9 Å². The first kappa shape index (κ1) is 13.1. The highest BCUT2D eigenvalue weighted by Crippen LogP contribution is 2.38. The van der Waals surface area contributed by atoms with Crippen LogP contribution in [0, 0.1) is 11.6 Å². The quantitative estimate of drug-likeness (QED) is 0.628. The van der Waals surface area contributed by atoms with Crippen LogP contribution < -0.4 is 4.74 Å². The number of carbonyl (C=O) groups excluding carboxylic acids is 1. The molecular formula is C11H11BrF2O2. The zero-order valence-electron chi connectivity index (χ0n) is 8.89. The predicted octanol–water partition coefficient (Wildman–Crippen LogP) is 3.43. The van der Waals surface area contributed by atoms with Crippen LogP contribution in [0.2, 0.25) is 0 Å². The van der Waals surface area contributed by atoms with Crippen LogP contribution in [0.1, 0.15) is 24.8 Å². The topological polar surface area (TPSA) is 26.3 Å². The number of hydrogen-bond donors (Lipinski definition) is 0. The second kappa shape index (κ2) is 5.39. The van der Waals surface area contributed by atoms with E-state index in [9.17, 15) is 13.6 Å². The summed E-state index contributed by atoms with van der Waals surface area (Å²) in [5, 5.41) is 0. The molecule has 0 fully saturated rings. The first-order valence-corrected chi connectivity index (χ1v) is 5.47. The van der Waals surface area contributed by atoms with E-state index in [1.165, 1.54) is 7.11 Å². The van der Waals surface area contributed by atoms with Crippen molar-refractivity contribution in [3.8, 4) is 5.75 Å². The van der Waals surface area contributed by atoms with Gasteiger partial charge >= 0.3 is 0 Å². The summed E-state index contributed by atoms with van der Waals surface area (Å²) in [6, 6.07) is 1.01. The maximum Gasteiger partial charge on any atom is 0.166 e. The Kier molecular flexibility index (Phi) is 4.41. The summed E-state index contributed by atoms with van der Waals surface area (Å²) < 4.78 is 32.2. The minimum absolute atomic E-state index is 0.0847. The Morgan fingerprint density at radius 3 is 2.69 bits per heavy atom. The lowest BCUT2D eigenvalue weighted by atomic mass is 9.96. The number of aldehydes is 1. The van der Waals surface area contributed by atoms with E-state index in [1.54, 1.807) is 6.92 Å². The first-order chi connectivity index (χ1) is 7.52. The van der Waals surface area contributed by atoms with Gasteiger partial charge in [-0.2, -0.15) is 0 Å². The zero-order chi connectivity index (χ0) is 12.3. The van der Waals surface area contributed by atoms with E-state index in [1.807, 2.05) is 0 Å². The summed E-state index contributed by atoms with van der Waals surface area (Å²) in [6.07, 6.45) is 0.783. The van der Waals surface area contributed by atoms with Gasteiger partial charge in [-0.15, -0.1) is 0 Å². The number of rotatable bonds is 4. The summed E-state index contributed by atoms with van der Waals surface area (Å²) in [5.41, 5.74) is 0.0847. The van der Waals surface area contributed by atoms with E-state index in [4.69, 9.17) is 4.74 Å². The fourth-order valence-corrected chi connectivity index (χ4v) is 2.08. The van der Waals surface area contributed by atoms with Gasteiger partial charge in [-0.1, -0.05) is 6.92 Å². The van der Waals surface area contributed by atoms with Gasteiger partial charge in [0.1, 0.15) is 12.0 Å². The molecule has 0 saturated heterocycles. The Balaban J connectivity index is 3.37. The molecule has 0 spiro atoms. The first-order valence-electron chi connectivity index (χ1n) is 4.67. The maximum absolute atomic E-state index is 13.6. The number of carbonyl (C=O) groups is 1.